The van der Waals surface area contributed by atoms with Gasteiger partial charge in [0, 0.05) is 6.07 Å². The molecular formula is C24H18O4. The Morgan fingerprint density at radius 1 is 0.893 bits per heavy atom. The monoisotopic (exact) mass is 370 g/mol. The van der Waals surface area contributed by atoms with Crippen LogP contribution >= 0.6 is 0 Å². The van der Waals surface area contributed by atoms with Gasteiger partial charge >= 0.3 is 5.97 Å². The van der Waals surface area contributed by atoms with Crippen LogP contribution in [0.25, 0.3) is 22.1 Å². The molecule has 138 valence electrons. The average molecular weight is 370 g/mol. The summed E-state index contributed by atoms with van der Waals surface area (Å²) in [7, 11) is 0. The third kappa shape index (κ3) is 3.21. The predicted octanol–water partition coefficient (Wildman–Crippen LogP) is 5.30. The predicted molar refractivity (Wildman–Crippen MR) is 109 cm³/mol. The van der Waals surface area contributed by atoms with Crippen molar-refractivity contribution in [1.29, 1.82) is 0 Å². The maximum Gasteiger partial charge on any atom is 0.343 e. The molecule has 0 saturated heterocycles. The molecule has 0 unspecified atom stereocenters. The van der Waals surface area contributed by atoms with Crippen molar-refractivity contribution in [2.24, 2.45) is 0 Å². The van der Waals surface area contributed by atoms with Crippen molar-refractivity contribution in [3.05, 3.63) is 99.9 Å². The largest absolute Gasteiger partial charge is 0.460 e. The first-order valence-corrected chi connectivity index (χ1v) is 8.95. The minimum absolute atomic E-state index is 0.110. The maximum atomic E-state index is 13.0. The Hall–Kier alpha value is -3.66. The standard InChI is InChI=1S/C24H18O4/c1-15-8-6-7-11-19(15)24(26)28-18-12-13-20-21(14-18)27-16(2)22(23(20)25)17-9-4-3-5-10-17/h3-14H,1-2H3. The van der Waals surface area contributed by atoms with Crippen LogP contribution in [-0.2, 0) is 0 Å². The molecule has 4 nitrogen and oxygen atoms in total. The van der Waals surface area contributed by atoms with Gasteiger partial charge in [0.15, 0.2) is 0 Å². The van der Waals surface area contributed by atoms with E-state index in [9.17, 15) is 9.59 Å². The Labute approximate surface area is 162 Å². The number of ether oxygens (including phenoxy) is 1. The second-order valence-electron chi connectivity index (χ2n) is 6.59. The van der Waals surface area contributed by atoms with Crippen LogP contribution in [0.15, 0.2) is 82.0 Å². The van der Waals surface area contributed by atoms with Gasteiger partial charge in [-0.1, -0.05) is 48.5 Å². The molecule has 0 atom stereocenters. The lowest BCUT2D eigenvalue weighted by atomic mass is 10.0. The van der Waals surface area contributed by atoms with E-state index in [1.165, 1.54) is 0 Å². The van der Waals surface area contributed by atoms with Crippen LogP contribution in [0.1, 0.15) is 21.7 Å². The van der Waals surface area contributed by atoms with Gasteiger partial charge in [0.1, 0.15) is 17.1 Å². The Morgan fingerprint density at radius 3 is 2.36 bits per heavy atom. The van der Waals surface area contributed by atoms with Crippen molar-refractivity contribution in [2.75, 3.05) is 0 Å². The summed E-state index contributed by atoms with van der Waals surface area (Å²) < 4.78 is 11.4. The fraction of sp³-hybridized carbons (Fsp3) is 0.0833. The maximum absolute atomic E-state index is 13.0. The fourth-order valence-electron chi connectivity index (χ4n) is 3.25. The highest BCUT2D eigenvalue weighted by atomic mass is 16.5. The second-order valence-corrected chi connectivity index (χ2v) is 6.59. The van der Waals surface area contributed by atoms with E-state index >= 15 is 0 Å². The van der Waals surface area contributed by atoms with Crippen LogP contribution in [0.4, 0.5) is 0 Å². The third-order valence-corrected chi connectivity index (χ3v) is 4.68. The fourth-order valence-corrected chi connectivity index (χ4v) is 3.25. The lowest BCUT2D eigenvalue weighted by Crippen LogP contribution is -2.11. The number of hydrogen-bond donors (Lipinski definition) is 0. The Balaban J connectivity index is 1.74. The molecule has 0 spiro atoms. The van der Waals surface area contributed by atoms with Crippen molar-refractivity contribution in [1.82, 2.24) is 0 Å². The van der Waals surface area contributed by atoms with E-state index in [0.717, 1.165) is 11.1 Å². The van der Waals surface area contributed by atoms with Crippen LogP contribution in [-0.4, -0.2) is 5.97 Å². The Bertz CT molecular complexity index is 1240. The highest BCUT2D eigenvalue weighted by Crippen LogP contribution is 2.26. The van der Waals surface area contributed by atoms with E-state index < -0.39 is 5.97 Å². The van der Waals surface area contributed by atoms with Crippen molar-refractivity contribution in [2.45, 2.75) is 13.8 Å². The lowest BCUT2D eigenvalue weighted by Gasteiger charge is -2.09. The zero-order chi connectivity index (χ0) is 19.7. The summed E-state index contributed by atoms with van der Waals surface area (Å²) >= 11 is 0. The van der Waals surface area contributed by atoms with Gasteiger partial charge in [-0.05, 0) is 43.2 Å². The van der Waals surface area contributed by atoms with Gasteiger partial charge in [0.05, 0.1) is 16.5 Å². The van der Waals surface area contributed by atoms with Gasteiger partial charge in [-0.15, -0.1) is 0 Å². The van der Waals surface area contributed by atoms with E-state index in [0.29, 0.717) is 33.6 Å². The molecule has 4 heteroatoms. The zero-order valence-corrected chi connectivity index (χ0v) is 15.6. The van der Waals surface area contributed by atoms with Gasteiger partial charge < -0.3 is 9.15 Å². The summed E-state index contributed by atoms with van der Waals surface area (Å²) in [4.78, 5) is 25.4. The molecule has 0 N–H and O–H groups in total. The smallest absolute Gasteiger partial charge is 0.343 e. The molecule has 4 aromatic rings. The van der Waals surface area contributed by atoms with Crippen LogP contribution < -0.4 is 10.2 Å². The second kappa shape index (κ2) is 7.16. The van der Waals surface area contributed by atoms with E-state index in [1.807, 2.05) is 49.4 Å². The molecule has 0 fully saturated rings. The first-order chi connectivity index (χ1) is 13.5. The minimum atomic E-state index is -0.447. The van der Waals surface area contributed by atoms with Crippen LogP contribution in [0.2, 0.25) is 0 Å². The molecule has 0 aliphatic rings. The molecule has 28 heavy (non-hydrogen) atoms. The third-order valence-electron chi connectivity index (χ3n) is 4.68. The first-order valence-electron chi connectivity index (χ1n) is 8.95. The summed E-state index contributed by atoms with van der Waals surface area (Å²) in [6.45, 7) is 3.61. The van der Waals surface area contributed by atoms with E-state index in [4.69, 9.17) is 9.15 Å². The van der Waals surface area contributed by atoms with Gasteiger partial charge in [0.25, 0.3) is 0 Å². The number of carbonyl (C=O) groups is 1. The van der Waals surface area contributed by atoms with Crippen LogP contribution in [0.3, 0.4) is 0 Å². The average Bonchev–Trinajstić information content (AvgIpc) is 2.69. The first kappa shape index (κ1) is 17.7. The van der Waals surface area contributed by atoms with Crippen LogP contribution in [0.5, 0.6) is 5.75 Å². The van der Waals surface area contributed by atoms with Crippen LogP contribution in [0, 0.1) is 13.8 Å². The van der Waals surface area contributed by atoms with E-state index in [2.05, 4.69) is 0 Å². The van der Waals surface area contributed by atoms with Crippen molar-refractivity contribution >= 4 is 16.9 Å². The molecular weight excluding hydrogens is 352 g/mol. The van der Waals surface area contributed by atoms with Crippen molar-refractivity contribution < 1.29 is 13.9 Å². The number of esters is 1. The zero-order valence-electron chi connectivity index (χ0n) is 15.6. The molecule has 3 aromatic carbocycles. The number of benzene rings is 3. The number of aryl methyl sites for hydroxylation is 2. The van der Waals surface area contributed by atoms with Gasteiger partial charge in [-0.2, -0.15) is 0 Å². The SMILES string of the molecule is Cc1ccccc1C(=O)Oc1ccc2c(=O)c(-c3ccccc3)c(C)oc2c1. The molecule has 0 bridgehead atoms. The summed E-state index contributed by atoms with van der Waals surface area (Å²) in [6, 6.07) is 21.5. The lowest BCUT2D eigenvalue weighted by molar-refractivity contribution is 0.0734. The molecule has 0 aliphatic heterocycles. The molecule has 0 amide bonds. The summed E-state index contributed by atoms with van der Waals surface area (Å²) in [6.07, 6.45) is 0. The molecule has 4 rings (SSSR count). The van der Waals surface area contributed by atoms with Crippen molar-refractivity contribution in [3.63, 3.8) is 0 Å². The minimum Gasteiger partial charge on any atom is -0.460 e. The van der Waals surface area contributed by atoms with E-state index in [1.54, 1.807) is 37.3 Å². The molecule has 1 aromatic heterocycles. The number of rotatable bonds is 3. The number of fused-ring (bicyclic) bond motifs is 1. The van der Waals surface area contributed by atoms with Gasteiger partial charge in [0.2, 0.25) is 5.43 Å². The quantitative estimate of drug-likeness (QED) is 0.363. The van der Waals surface area contributed by atoms with Gasteiger partial charge in [-0.25, -0.2) is 4.79 Å². The Kier molecular flexibility index (Phi) is 4.53. The molecule has 1 heterocycles. The van der Waals surface area contributed by atoms with E-state index in [-0.39, 0.29) is 5.43 Å². The summed E-state index contributed by atoms with van der Waals surface area (Å²) in [5.74, 6) is 0.402. The molecule has 0 saturated carbocycles. The van der Waals surface area contributed by atoms with Gasteiger partial charge in [-0.3, -0.25) is 4.79 Å². The van der Waals surface area contributed by atoms with Crippen molar-refractivity contribution in [3.8, 4) is 16.9 Å². The molecule has 0 radical (unpaired) electrons. The summed E-state index contributed by atoms with van der Waals surface area (Å²) in [5.41, 5.74) is 2.96. The topological polar surface area (TPSA) is 56.5 Å². The normalized spacial score (nSPS) is 10.8. The summed E-state index contributed by atoms with van der Waals surface area (Å²) in [5, 5.41) is 0.445. The number of carbonyl (C=O) groups excluding carboxylic acids is 1. The highest BCUT2D eigenvalue weighted by molar-refractivity contribution is 5.93. The Morgan fingerprint density at radius 2 is 1.61 bits per heavy atom. The highest BCUT2D eigenvalue weighted by Gasteiger charge is 2.16. The number of hydrogen-bond acceptors (Lipinski definition) is 4. The molecule has 0 aliphatic carbocycles.